The van der Waals surface area contributed by atoms with Crippen molar-refractivity contribution in [1.82, 2.24) is 0 Å². The minimum atomic E-state index is -0.316. The number of Topliss-reactive ketones (excluding diaryl/α,β-unsaturated/α-hetero) is 1. The van der Waals surface area contributed by atoms with Gasteiger partial charge in [0.2, 0.25) is 0 Å². The first kappa shape index (κ1) is 13.8. The summed E-state index contributed by atoms with van der Waals surface area (Å²) in [6, 6.07) is 10.3. The van der Waals surface area contributed by atoms with Gasteiger partial charge in [0.1, 0.15) is 5.78 Å². The Hall–Kier alpha value is -1.63. The molecule has 1 saturated carbocycles. The van der Waals surface area contributed by atoms with Gasteiger partial charge in [-0.25, -0.2) is 0 Å². The molecule has 2 atom stereocenters. The minimum absolute atomic E-state index is 0.0968. The molecule has 0 bridgehead atoms. The maximum absolute atomic E-state index is 12.6. The highest BCUT2D eigenvalue weighted by Gasteiger charge is 2.44. The van der Waals surface area contributed by atoms with Gasteiger partial charge in [-0.15, -0.1) is 13.2 Å². The highest BCUT2D eigenvalue weighted by molar-refractivity contribution is 5.87. The lowest BCUT2D eigenvalue weighted by atomic mass is 9.61. The predicted molar refractivity (Wildman–Crippen MR) is 80.1 cm³/mol. The second-order valence-electron chi connectivity index (χ2n) is 5.40. The standard InChI is InChI=1S/C18H22O/c1-3-13-18(14-9-8-12-17(18)19)16(4-2)15-10-6-5-7-11-15/h3-7,10-11,16H,1-2,8-9,12-14H2/t16-,18-/m0/s1. The molecule has 0 aromatic heterocycles. The third-order valence-electron chi connectivity index (χ3n) is 4.33. The van der Waals surface area contributed by atoms with E-state index in [1.54, 1.807) is 0 Å². The zero-order chi connectivity index (χ0) is 13.7. The maximum atomic E-state index is 12.6. The lowest BCUT2D eigenvalue weighted by molar-refractivity contribution is -0.132. The Labute approximate surface area is 116 Å². The van der Waals surface area contributed by atoms with E-state index in [2.05, 4.69) is 25.3 Å². The van der Waals surface area contributed by atoms with Gasteiger partial charge in [0.15, 0.2) is 0 Å². The Kier molecular flexibility index (Phi) is 4.36. The number of carbonyl (C=O) groups excluding carboxylic acids is 1. The van der Waals surface area contributed by atoms with E-state index < -0.39 is 0 Å². The molecule has 1 aromatic carbocycles. The molecule has 0 saturated heterocycles. The van der Waals surface area contributed by atoms with Crippen LogP contribution in [0.15, 0.2) is 55.6 Å². The van der Waals surface area contributed by atoms with Crippen LogP contribution in [-0.4, -0.2) is 5.78 Å². The first-order chi connectivity index (χ1) is 9.24. The zero-order valence-corrected chi connectivity index (χ0v) is 11.5. The van der Waals surface area contributed by atoms with Gasteiger partial charge < -0.3 is 0 Å². The largest absolute Gasteiger partial charge is 0.299 e. The van der Waals surface area contributed by atoms with Crippen molar-refractivity contribution in [2.75, 3.05) is 0 Å². The van der Waals surface area contributed by atoms with E-state index in [9.17, 15) is 4.79 Å². The van der Waals surface area contributed by atoms with Crippen molar-refractivity contribution in [1.29, 1.82) is 0 Å². The van der Waals surface area contributed by atoms with Crippen LogP contribution < -0.4 is 0 Å². The molecule has 1 aliphatic carbocycles. The monoisotopic (exact) mass is 254 g/mol. The van der Waals surface area contributed by atoms with Crippen molar-refractivity contribution in [3.8, 4) is 0 Å². The Morgan fingerprint density at radius 3 is 2.53 bits per heavy atom. The molecule has 1 heteroatoms. The molecule has 100 valence electrons. The average molecular weight is 254 g/mol. The topological polar surface area (TPSA) is 17.1 Å². The van der Waals surface area contributed by atoms with E-state index in [-0.39, 0.29) is 11.3 Å². The van der Waals surface area contributed by atoms with Crippen LogP contribution in [-0.2, 0) is 4.79 Å². The third kappa shape index (κ3) is 2.56. The van der Waals surface area contributed by atoms with Gasteiger partial charge in [-0.3, -0.25) is 4.79 Å². The van der Waals surface area contributed by atoms with Crippen molar-refractivity contribution < 1.29 is 4.79 Å². The summed E-state index contributed by atoms with van der Waals surface area (Å²) in [4.78, 5) is 12.6. The lowest BCUT2D eigenvalue weighted by Gasteiger charge is -2.40. The Morgan fingerprint density at radius 1 is 1.21 bits per heavy atom. The molecule has 0 radical (unpaired) electrons. The normalized spacial score (nSPS) is 24.7. The molecule has 0 aliphatic heterocycles. The van der Waals surface area contributed by atoms with Crippen molar-refractivity contribution >= 4 is 5.78 Å². The van der Waals surface area contributed by atoms with Gasteiger partial charge >= 0.3 is 0 Å². The average Bonchev–Trinajstić information content (AvgIpc) is 2.44. The van der Waals surface area contributed by atoms with Crippen LogP contribution in [0.25, 0.3) is 0 Å². The van der Waals surface area contributed by atoms with E-state index in [1.165, 1.54) is 5.56 Å². The number of hydrogen-bond donors (Lipinski definition) is 0. The van der Waals surface area contributed by atoms with E-state index in [1.807, 2.05) is 30.4 Å². The molecule has 0 unspecified atom stereocenters. The molecular formula is C18H22O. The second-order valence-corrected chi connectivity index (χ2v) is 5.40. The molecule has 1 fully saturated rings. The van der Waals surface area contributed by atoms with E-state index in [0.29, 0.717) is 12.2 Å². The first-order valence-electron chi connectivity index (χ1n) is 7.06. The second kappa shape index (κ2) is 6.01. The van der Waals surface area contributed by atoms with Crippen LogP contribution in [0, 0.1) is 5.41 Å². The summed E-state index contributed by atoms with van der Waals surface area (Å²) < 4.78 is 0. The van der Waals surface area contributed by atoms with Crippen LogP contribution >= 0.6 is 0 Å². The smallest absolute Gasteiger partial charge is 0.140 e. The van der Waals surface area contributed by atoms with Crippen LogP contribution in [0.1, 0.15) is 43.6 Å². The Balaban J connectivity index is 2.43. The fourth-order valence-corrected chi connectivity index (χ4v) is 3.38. The fourth-order valence-electron chi connectivity index (χ4n) is 3.38. The highest BCUT2D eigenvalue weighted by atomic mass is 16.1. The maximum Gasteiger partial charge on any atom is 0.140 e. The molecule has 2 rings (SSSR count). The number of carbonyl (C=O) groups is 1. The molecule has 0 amide bonds. The van der Waals surface area contributed by atoms with Gasteiger partial charge in [0.05, 0.1) is 0 Å². The van der Waals surface area contributed by atoms with Crippen LogP contribution in [0.2, 0.25) is 0 Å². The number of benzene rings is 1. The summed E-state index contributed by atoms with van der Waals surface area (Å²) >= 11 is 0. The number of rotatable bonds is 5. The molecular weight excluding hydrogens is 232 g/mol. The third-order valence-corrected chi connectivity index (χ3v) is 4.33. The van der Waals surface area contributed by atoms with E-state index >= 15 is 0 Å². The van der Waals surface area contributed by atoms with E-state index in [0.717, 1.165) is 25.7 Å². The summed E-state index contributed by atoms with van der Waals surface area (Å²) in [6.45, 7) is 7.85. The van der Waals surface area contributed by atoms with Gasteiger partial charge in [0, 0.05) is 17.8 Å². The van der Waals surface area contributed by atoms with Gasteiger partial charge in [-0.2, -0.15) is 0 Å². The zero-order valence-electron chi connectivity index (χ0n) is 11.5. The highest BCUT2D eigenvalue weighted by Crippen LogP contribution is 2.48. The van der Waals surface area contributed by atoms with Crippen molar-refractivity contribution in [2.24, 2.45) is 5.41 Å². The molecule has 0 heterocycles. The number of allylic oxidation sites excluding steroid dienone is 2. The predicted octanol–water partition coefficient (Wildman–Crippen LogP) is 4.66. The Bertz CT molecular complexity index is 460. The summed E-state index contributed by atoms with van der Waals surface area (Å²) in [5.74, 6) is 0.479. The molecule has 1 aromatic rings. The molecule has 19 heavy (non-hydrogen) atoms. The van der Waals surface area contributed by atoms with Crippen LogP contribution in [0.3, 0.4) is 0 Å². The number of hydrogen-bond acceptors (Lipinski definition) is 1. The SMILES string of the molecule is C=CC[C@@]1([C@@H](C=C)c2ccccc2)CCCCC1=O. The fraction of sp³-hybridized carbons (Fsp3) is 0.389. The van der Waals surface area contributed by atoms with Crippen molar-refractivity contribution in [3.63, 3.8) is 0 Å². The molecule has 1 aliphatic rings. The molecule has 0 N–H and O–H groups in total. The van der Waals surface area contributed by atoms with E-state index in [4.69, 9.17) is 0 Å². The van der Waals surface area contributed by atoms with Gasteiger partial charge in [-0.05, 0) is 24.8 Å². The van der Waals surface area contributed by atoms with Crippen LogP contribution in [0.5, 0.6) is 0 Å². The number of ketones is 1. The quantitative estimate of drug-likeness (QED) is 0.698. The lowest BCUT2D eigenvalue weighted by Crippen LogP contribution is -2.39. The first-order valence-corrected chi connectivity index (χ1v) is 7.06. The van der Waals surface area contributed by atoms with Crippen LogP contribution in [0.4, 0.5) is 0 Å². The van der Waals surface area contributed by atoms with Gasteiger partial charge in [0.25, 0.3) is 0 Å². The van der Waals surface area contributed by atoms with Crippen molar-refractivity contribution in [2.45, 2.75) is 38.0 Å². The summed E-state index contributed by atoms with van der Waals surface area (Å²) in [5.41, 5.74) is 0.873. The minimum Gasteiger partial charge on any atom is -0.299 e. The Morgan fingerprint density at radius 2 is 1.95 bits per heavy atom. The molecule has 1 nitrogen and oxygen atoms in total. The molecule has 0 spiro atoms. The van der Waals surface area contributed by atoms with Gasteiger partial charge in [-0.1, -0.05) is 48.9 Å². The summed E-state index contributed by atoms with van der Waals surface area (Å²) in [5, 5.41) is 0. The summed E-state index contributed by atoms with van der Waals surface area (Å²) in [7, 11) is 0. The summed E-state index contributed by atoms with van der Waals surface area (Å²) in [6.07, 6.45) is 8.38. The van der Waals surface area contributed by atoms with Crippen molar-refractivity contribution in [3.05, 3.63) is 61.2 Å².